The summed E-state index contributed by atoms with van der Waals surface area (Å²) in [6.45, 7) is 8.31. The van der Waals surface area contributed by atoms with E-state index >= 15 is 0 Å². The molecule has 1 aromatic carbocycles. The number of methoxy groups -OCH3 is 3. The summed E-state index contributed by atoms with van der Waals surface area (Å²) in [7, 11) is 4.64. The van der Waals surface area contributed by atoms with E-state index in [4.69, 9.17) is 14.2 Å². The van der Waals surface area contributed by atoms with Crippen LogP contribution in [0.15, 0.2) is 12.1 Å². The highest BCUT2D eigenvalue weighted by molar-refractivity contribution is 5.96. The van der Waals surface area contributed by atoms with E-state index in [1.165, 1.54) is 0 Å². The lowest BCUT2D eigenvalue weighted by Gasteiger charge is -2.34. The van der Waals surface area contributed by atoms with Gasteiger partial charge in [-0.2, -0.15) is 0 Å². The number of hydrogen-bond donors (Lipinski definition) is 0. The lowest BCUT2D eigenvalue weighted by atomic mass is 10.1. The molecule has 0 aromatic heterocycles. The first-order valence-corrected chi connectivity index (χ1v) is 8.07. The fourth-order valence-corrected chi connectivity index (χ4v) is 2.58. The predicted octanol–water partition coefficient (Wildman–Crippen LogP) is 3.75. The number of carbonyl (C=O) groups excluding carboxylic acids is 1. The van der Waals surface area contributed by atoms with Gasteiger partial charge in [0.2, 0.25) is 5.75 Å². The summed E-state index contributed by atoms with van der Waals surface area (Å²) in [4.78, 5) is 15.0. The molecule has 0 aliphatic rings. The zero-order valence-electron chi connectivity index (χ0n) is 15.3. The topological polar surface area (TPSA) is 48.0 Å². The summed E-state index contributed by atoms with van der Waals surface area (Å²) in [5.74, 6) is 1.45. The Morgan fingerprint density at radius 2 is 1.39 bits per heavy atom. The SMILES string of the molecule is CC[C@H](C)N(C(=O)c1cc(OC)c(OC)c(OC)c1)[C@@H](C)CC. The van der Waals surface area contributed by atoms with Gasteiger partial charge >= 0.3 is 0 Å². The minimum Gasteiger partial charge on any atom is -0.493 e. The van der Waals surface area contributed by atoms with Crippen LogP contribution in [0.1, 0.15) is 50.9 Å². The van der Waals surface area contributed by atoms with Gasteiger partial charge < -0.3 is 19.1 Å². The molecule has 5 nitrogen and oxygen atoms in total. The van der Waals surface area contributed by atoms with Gasteiger partial charge in [0.25, 0.3) is 5.91 Å². The molecule has 130 valence electrons. The van der Waals surface area contributed by atoms with Crippen molar-refractivity contribution in [2.75, 3.05) is 21.3 Å². The molecule has 0 unspecified atom stereocenters. The summed E-state index contributed by atoms with van der Waals surface area (Å²) >= 11 is 0. The van der Waals surface area contributed by atoms with Crippen molar-refractivity contribution in [1.29, 1.82) is 0 Å². The van der Waals surface area contributed by atoms with E-state index in [2.05, 4.69) is 27.7 Å². The van der Waals surface area contributed by atoms with Crippen LogP contribution in [0, 0.1) is 0 Å². The van der Waals surface area contributed by atoms with Crippen LogP contribution in [-0.2, 0) is 0 Å². The normalized spacial score (nSPS) is 13.2. The first-order valence-electron chi connectivity index (χ1n) is 8.07. The second kappa shape index (κ2) is 8.65. The fraction of sp³-hybridized carbons (Fsp3) is 0.611. The van der Waals surface area contributed by atoms with Crippen LogP contribution in [0.3, 0.4) is 0 Å². The molecule has 5 heteroatoms. The molecular weight excluding hydrogens is 294 g/mol. The molecule has 0 radical (unpaired) electrons. The molecule has 0 bridgehead atoms. The summed E-state index contributed by atoms with van der Waals surface area (Å²) in [5, 5.41) is 0. The lowest BCUT2D eigenvalue weighted by Crippen LogP contribution is -2.44. The van der Waals surface area contributed by atoms with E-state index in [0.29, 0.717) is 22.8 Å². The predicted molar refractivity (Wildman–Crippen MR) is 91.8 cm³/mol. The molecule has 0 aliphatic heterocycles. The van der Waals surface area contributed by atoms with Gasteiger partial charge in [0, 0.05) is 17.6 Å². The van der Waals surface area contributed by atoms with Crippen LogP contribution in [0.5, 0.6) is 17.2 Å². The maximum atomic E-state index is 13.1. The smallest absolute Gasteiger partial charge is 0.254 e. The van der Waals surface area contributed by atoms with Crippen molar-refractivity contribution in [1.82, 2.24) is 4.90 Å². The Hall–Kier alpha value is -1.91. The van der Waals surface area contributed by atoms with Crippen LogP contribution in [-0.4, -0.2) is 44.2 Å². The number of ether oxygens (including phenoxy) is 3. The Kier molecular flexibility index (Phi) is 7.20. The molecule has 0 aliphatic carbocycles. The third-order valence-electron chi connectivity index (χ3n) is 4.28. The van der Waals surface area contributed by atoms with E-state index in [1.807, 2.05) is 4.90 Å². The zero-order valence-corrected chi connectivity index (χ0v) is 15.3. The monoisotopic (exact) mass is 323 g/mol. The maximum Gasteiger partial charge on any atom is 0.254 e. The average molecular weight is 323 g/mol. The first-order chi connectivity index (χ1) is 10.9. The molecule has 23 heavy (non-hydrogen) atoms. The fourth-order valence-electron chi connectivity index (χ4n) is 2.58. The van der Waals surface area contributed by atoms with Gasteiger partial charge in [-0.3, -0.25) is 4.79 Å². The quantitative estimate of drug-likeness (QED) is 0.731. The van der Waals surface area contributed by atoms with Gasteiger partial charge in [-0.1, -0.05) is 13.8 Å². The second-order valence-electron chi connectivity index (χ2n) is 5.64. The summed E-state index contributed by atoms with van der Waals surface area (Å²) in [6, 6.07) is 3.75. The lowest BCUT2D eigenvalue weighted by molar-refractivity contribution is 0.0597. The number of benzene rings is 1. The molecule has 0 heterocycles. The van der Waals surface area contributed by atoms with Crippen LogP contribution < -0.4 is 14.2 Å². The molecule has 0 saturated heterocycles. The van der Waals surface area contributed by atoms with Crippen molar-refractivity contribution < 1.29 is 19.0 Å². The van der Waals surface area contributed by atoms with Crippen LogP contribution in [0.2, 0.25) is 0 Å². The summed E-state index contributed by atoms with van der Waals surface area (Å²) in [6.07, 6.45) is 1.81. The highest BCUT2D eigenvalue weighted by atomic mass is 16.5. The minimum absolute atomic E-state index is 0.0204. The number of rotatable bonds is 8. The van der Waals surface area contributed by atoms with Gasteiger partial charge in [0.1, 0.15) is 0 Å². The standard InChI is InChI=1S/C18H29NO4/c1-8-12(3)19(13(4)9-2)18(20)14-10-15(21-5)17(23-7)16(11-14)22-6/h10-13H,8-9H2,1-7H3/t12-,13-/m0/s1. The van der Waals surface area contributed by atoms with Gasteiger partial charge in [0.15, 0.2) is 11.5 Å². The van der Waals surface area contributed by atoms with E-state index in [9.17, 15) is 4.79 Å². The Balaban J connectivity index is 3.34. The molecule has 0 N–H and O–H groups in total. The van der Waals surface area contributed by atoms with Gasteiger partial charge in [-0.05, 0) is 38.8 Å². The molecule has 0 fully saturated rings. The average Bonchev–Trinajstić information content (AvgIpc) is 2.59. The van der Waals surface area contributed by atoms with Crippen molar-refractivity contribution in [2.24, 2.45) is 0 Å². The largest absolute Gasteiger partial charge is 0.493 e. The highest BCUT2D eigenvalue weighted by Gasteiger charge is 2.26. The van der Waals surface area contributed by atoms with Crippen molar-refractivity contribution in [3.8, 4) is 17.2 Å². The van der Waals surface area contributed by atoms with E-state index in [0.717, 1.165) is 12.8 Å². The van der Waals surface area contributed by atoms with Crippen LogP contribution in [0.25, 0.3) is 0 Å². The third kappa shape index (κ3) is 4.09. The first kappa shape index (κ1) is 19.1. The molecule has 2 atom stereocenters. The highest BCUT2D eigenvalue weighted by Crippen LogP contribution is 2.38. The Morgan fingerprint density at radius 1 is 0.957 bits per heavy atom. The van der Waals surface area contributed by atoms with E-state index in [-0.39, 0.29) is 18.0 Å². The molecule has 0 spiro atoms. The molecule has 1 amide bonds. The Labute approximate surface area is 139 Å². The number of hydrogen-bond acceptors (Lipinski definition) is 4. The Bertz CT molecular complexity index is 495. The van der Waals surface area contributed by atoms with Crippen molar-refractivity contribution in [3.63, 3.8) is 0 Å². The summed E-state index contributed by atoms with van der Waals surface area (Å²) in [5.41, 5.74) is 0.542. The third-order valence-corrected chi connectivity index (χ3v) is 4.28. The van der Waals surface area contributed by atoms with Gasteiger partial charge in [-0.25, -0.2) is 0 Å². The second-order valence-corrected chi connectivity index (χ2v) is 5.64. The van der Waals surface area contributed by atoms with Crippen molar-refractivity contribution in [3.05, 3.63) is 17.7 Å². The van der Waals surface area contributed by atoms with Crippen molar-refractivity contribution >= 4 is 5.91 Å². The van der Waals surface area contributed by atoms with Crippen LogP contribution >= 0.6 is 0 Å². The van der Waals surface area contributed by atoms with Gasteiger partial charge in [-0.15, -0.1) is 0 Å². The number of nitrogens with zero attached hydrogens (tertiary/aromatic N) is 1. The van der Waals surface area contributed by atoms with E-state index in [1.54, 1.807) is 33.5 Å². The maximum absolute atomic E-state index is 13.1. The minimum atomic E-state index is -0.0204. The van der Waals surface area contributed by atoms with Gasteiger partial charge in [0.05, 0.1) is 21.3 Å². The molecule has 0 saturated carbocycles. The molecular formula is C18H29NO4. The number of carbonyl (C=O) groups is 1. The van der Waals surface area contributed by atoms with Crippen LogP contribution in [0.4, 0.5) is 0 Å². The Morgan fingerprint density at radius 3 is 1.70 bits per heavy atom. The molecule has 1 aromatic rings. The number of amides is 1. The molecule has 1 rings (SSSR count). The zero-order chi connectivity index (χ0) is 17.6. The summed E-state index contributed by atoms with van der Waals surface area (Å²) < 4.78 is 16.0. The van der Waals surface area contributed by atoms with E-state index < -0.39 is 0 Å². The van der Waals surface area contributed by atoms with Crippen molar-refractivity contribution in [2.45, 2.75) is 52.6 Å².